The third-order valence-corrected chi connectivity index (χ3v) is 4.67. The summed E-state index contributed by atoms with van der Waals surface area (Å²) in [7, 11) is 1.57. The molecule has 0 aliphatic rings. The second kappa shape index (κ2) is 9.02. The number of carbonyl (C=O) groups excluding carboxylic acids is 2. The second-order valence-corrected chi connectivity index (χ2v) is 7.10. The van der Waals surface area contributed by atoms with E-state index in [0.29, 0.717) is 11.6 Å². The summed E-state index contributed by atoms with van der Waals surface area (Å²) in [5, 5.41) is 3.23. The minimum Gasteiger partial charge on any atom is -0.357 e. The molecule has 1 N–H and O–H groups in total. The lowest BCUT2D eigenvalue weighted by atomic mass is 10.1. The molecule has 0 fully saturated rings. The van der Waals surface area contributed by atoms with E-state index in [4.69, 9.17) is 11.6 Å². The van der Waals surface area contributed by atoms with E-state index >= 15 is 0 Å². The highest BCUT2D eigenvalue weighted by Gasteiger charge is 2.25. The highest BCUT2D eigenvalue weighted by molar-refractivity contribution is 9.10. The first-order valence-corrected chi connectivity index (χ1v) is 9.07. The number of benzene rings is 2. The normalized spacial score (nSPS) is 11.7. The summed E-state index contributed by atoms with van der Waals surface area (Å²) < 4.78 is 0.933. The number of nitrogens with one attached hydrogen (secondary N) is 1. The second-order valence-electron chi connectivity index (χ2n) is 5.75. The average molecular weight is 424 g/mol. The quantitative estimate of drug-likeness (QED) is 0.768. The molecule has 25 heavy (non-hydrogen) atoms. The zero-order valence-corrected chi connectivity index (χ0v) is 16.5. The first-order chi connectivity index (χ1) is 11.9. The largest absolute Gasteiger partial charge is 0.357 e. The Morgan fingerprint density at radius 1 is 1.16 bits per heavy atom. The zero-order chi connectivity index (χ0) is 18.4. The maximum absolute atomic E-state index is 12.8. The fourth-order valence-corrected chi connectivity index (χ4v) is 3.07. The minimum atomic E-state index is -0.566. The Morgan fingerprint density at radius 2 is 1.84 bits per heavy atom. The van der Waals surface area contributed by atoms with Gasteiger partial charge in [-0.2, -0.15) is 0 Å². The molecule has 0 saturated heterocycles. The van der Waals surface area contributed by atoms with Crippen LogP contribution in [-0.4, -0.2) is 29.8 Å². The molecule has 0 unspecified atom stereocenters. The van der Waals surface area contributed by atoms with Gasteiger partial charge in [0.1, 0.15) is 6.04 Å². The highest BCUT2D eigenvalue weighted by Crippen LogP contribution is 2.17. The van der Waals surface area contributed by atoms with Crippen molar-refractivity contribution in [1.82, 2.24) is 10.2 Å². The molecule has 2 aromatic carbocycles. The number of nitrogens with zero attached hydrogens (tertiary/aromatic N) is 1. The van der Waals surface area contributed by atoms with Crippen LogP contribution in [0.25, 0.3) is 0 Å². The van der Waals surface area contributed by atoms with Crippen LogP contribution in [0.15, 0.2) is 53.0 Å². The predicted octanol–water partition coefficient (Wildman–Crippen LogP) is 3.81. The molecule has 0 radical (unpaired) electrons. The van der Waals surface area contributed by atoms with E-state index in [1.54, 1.807) is 31.0 Å². The van der Waals surface area contributed by atoms with Crippen LogP contribution in [0.3, 0.4) is 0 Å². The Bertz CT molecular complexity index is 749. The van der Waals surface area contributed by atoms with E-state index in [1.165, 1.54) is 0 Å². The number of rotatable bonds is 6. The van der Waals surface area contributed by atoms with E-state index in [2.05, 4.69) is 21.2 Å². The van der Waals surface area contributed by atoms with Gasteiger partial charge in [0.2, 0.25) is 11.8 Å². The standard InChI is InChI=1S/C19H20BrClN2O2/c1-13(19(25)22-2)23(12-15-4-3-5-16(20)10-15)18(24)11-14-6-8-17(21)9-7-14/h3-10,13H,11-12H2,1-2H3,(H,22,25)/t13-/m0/s1. The smallest absolute Gasteiger partial charge is 0.242 e. The number of carbonyl (C=O) groups is 2. The van der Waals surface area contributed by atoms with E-state index in [-0.39, 0.29) is 18.2 Å². The molecule has 0 aliphatic heterocycles. The van der Waals surface area contributed by atoms with Crippen molar-refractivity contribution in [2.75, 3.05) is 7.05 Å². The fourth-order valence-electron chi connectivity index (χ4n) is 2.50. The Hall–Kier alpha value is -1.85. The molecule has 6 heteroatoms. The van der Waals surface area contributed by atoms with Gasteiger partial charge in [-0.3, -0.25) is 9.59 Å². The Kier molecular flexibility index (Phi) is 7.02. The van der Waals surface area contributed by atoms with Crippen molar-refractivity contribution in [3.8, 4) is 0 Å². The maximum atomic E-state index is 12.8. The fraction of sp³-hybridized carbons (Fsp3) is 0.263. The molecule has 2 aromatic rings. The van der Waals surface area contributed by atoms with Crippen LogP contribution in [0.1, 0.15) is 18.1 Å². The molecule has 2 amide bonds. The van der Waals surface area contributed by atoms with Crippen molar-refractivity contribution < 1.29 is 9.59 Å². The number of likely N-dealkylation sites (N-methyl/N-ethyl adjacent to an activating group) is 1. The van der Waals surface area contributed by atoms with E-state index in [1.807, 2.05) is 36.4 Å². The van der Waals surface area contributed by atoms with Crippen LogP contribution in [0, 0.1) is 0 Å². The molecule has 1 atom stereocenters. The van der Waals surface area contributed by atoms with E-state index in [0.717, 1.165) is 15.6 Å². The molecule has 0 aromatic heterocycles. The van der Waals surface area contributed by atoms with Crippen molar-refractivity contribution >= 4 is 39.3 Å². The van der Waals surface area contributed by atoms with Crippen LogP contribution in [-0.2, 0) is 22.6 Å². The molecule has 4 nitrogen and oxygen atoms in total. The molecule has 0 heterocycles. The summed E-state index contributed by atoms with van der Waals surface area (Å²) >= 11 is 9.33. The monoisotopic (exact) mass is 422 g/mol. The van der Waals surface area contributed by atoms with Gasteiger partial charge in [-0.15, -0.1) is 0 Å². The number of halogens is 2. The van der Waals surface area contributed by atoms with Crippen molar-refractivity contribution in [3.63, 3.8) is 0 Å². The lowest BCUT2D eigenvalue weighted by molar-refractivity contribution is -0.139. The van der Waals surface area contributed by atoms with Crippen LogP contribution in [0.5, 0.6) is 0 Å². The predicted molar refractivity (Wildman–Crippen MR) is 103 cm³/mol. The molecule has 2 rings (SSSR count). The third kappa shape index (κ3) is 5.58. The first kappa shape index (κ1) is 19.5. The number of hydrogen-bond acceptors (Lipinski definition) is 2. The molecule has 0 bridgehead atoms. The number of amides is 2. The zero-order valence-electron chi connectivity index (χ0n) is 14.1. The van der Waals surface area contributed by atoms with E-state index in [9.17, 15) is 9.59 Å². The van der Waals surface area contributed by atoms with Gasteiger partial charge in [0.15, 0.2) is 0 Å². The molecular weight excluding hydrogens is 404 g/mol. The first-order valence-electron chi connectivity index (χ1n) is 7.90. The molecule has 132 valence electrons. The van der Waals surface area contributed by atoms with Crippen molar-refractivity contribution in [1.29, 1.82) is 0 Å². The molecule has 0 aliphatic carbocycles. The SMILES string of the molecule is CNC(=O)[C@H](C)N(Cc1cccc(Br)c1)C(=O)Cc1ccc(Cl)cc1. The summed E-state index contributed by atoms with van der Waals surface area (Å²) in [6.45, 7) is 2.09. The summed E-state index contributed by atoms with van der Waals surface area (Å²) in [5.41, 5.74) is 1.81. The van der Waals surface area contributed by atoms with Gasteiger partial charge >= 0.3 is 0 Å². The summed E-state index contributed by atoms with van der Waals surface area (Å²) in [6.07, 6.45) is 0.215. The third-order valence-electron chi connectivity index (χ3n) is 3.92. The lowest BCUT2D eigenvalue weighted by Crippen LogP contribution is -2.47. The van der Waals surface area contributed by atoms with Gasteiger partial charge in [0, 0.05) is 23.1 Å². The van der Waals surface area contributed by atoms with Gasteiger partial charge in [0.05, 0.1) is 6.42 Å². The van der Waals surface area contributed by atoms with Crippen molar-refractivity contribution in [3.05, 3.63) is 69.2 Å². The van der Waals surface area contributed by atoms with Crippen LogP contribution < -0.4 is 5.32 Å². The van der Waals surface area contributed by atoms with Gasteiger partial charge in [0.25, 0.3) is 0 Å². The lowest BCUT2D eigenvalue weighted by Gasteiger charge is -2.28. The Labute approximate surface area is 161 Å². The van der Waals surface area contributed by atoms with Gasteiger partial charge in [-0.1, -0.05) is 51.8 Å². The maximum Gasteiger partial charge on any atom is 0.242 e. The van der Waals surface area contributed by atoms with Crippen molar-refractivity contribution in [2.45, 2.75) is 25.9 Å². The summed E-state index contributed by atoms with van der Waals surface area (Å²) in [4.78, 5) is 26.5. The summed E-state index contributed by atoms with van der Waals surface area (Å²) in [5.74, 6) is -0.308. The topological polar surface area (TPSA) is 49.4 Å². The Balaban J connectivity index is 2.21. The van der Waals surface area contributed by atoms with Gasteiger partial charge in [-0.25, -0.2) is 0 Å². The average Bonchev–Trinajstić information content (AvgIpc) is 2.60. The van der Waals surface area contributed by atoms with E-state index < -0.39 is 6.04 Å². The van der Waals surface area contributed by atoms with Gasteiger partial charge in [-0.05, 0) is 42.3 Å². The van der Waals surface area contributed by atoms with Crippen LogP contribution in [0.2, 0.25) is 5.02 Å². The molecular formula is C19H20BrClN2O2. The number of hydrogen-bond donors (Lipinski definition) is 1. The Morgan fingerprint density at radius 3 is 2.44 bits per heavy atom. The van der Waals surface area contributed by atoms with Crippen molar-refractivity contribution in [2.24, 2.45) is 0 Å². The molecule has 0 saturated carbocycles. The van der Waals surface area contributed by atoms with Crippen LogP contribution in [0.4, 0.5) is 0 Å². The molecule has 0 spiro atoms. The van der Waals surface area contributed by atoms with Crippen LogP contribution >= 0.6 is 27.5 Å². The van der Waals surface area contributed by atoms with Gasteiger partial charge < -0.3 is 10.2 Å². The highest BCUT2D eigenvalue weighted by atomic mass is 79.9. The minimum absolute atomic E-state index is 0.113. The summed E-state index contributed by atoms with van der Waals surface area (Å²) in [6, 6.07) is 14.3.